The van der Waals surface area contributed by atoms with Gasteiger partial charge in [-0.15, -0.1) is 12.4 Å². The van der Waals surface area contributed by atoms with Crippen LogP contribution in [-0.4, -0.2) is 41.9 Å². The lowest BCUT2D eigenvalue weighted by molar-refractivity contribution is -0.136. The maximum absolute atomic E-state index is 12.9. The first kappa shape index (κ1) is 22.3. The molecule has 1 heterocycles. The molecule has 1 saturated heterocycles. The van der Waals surface area contributed by atoms with Gasteiger partial charge in [-0.1, -0.05) is 42.1 Å². The van der Waals surface area contributed by atoms with Gasteiger partial charge >= 0.3 is 0 Å². The minimum absolute atomic E-state index is 0. The zero-order valence-electron chi connectivity index (χ0n) is 15.3. The molecule has 1 aromatic rings. The second-order valence-corrected chi connectivity index (χ2v) is 7.92. The van der Waals surface area contributed by atoms with Crippen molar-refractivity contribution in [2.24, 2.45) is 5.92 Å². The van der Waals surface area contributed by atoms with E-state index in [0.717, 1.165) is 12.8 Å². The van der Waals surface area contributed by atoms with Gasteiger partial charge in [0.2, 0.25) is 11.8 Å². The molecule has 1 aromatic carbocycles. The van der Waals surface area contributed by atoms with Crippen LogP contribution in [0.4, 0.5) is 5.69 Å². The van der Waals surface area contributed by atoms with E-state index in [9.17, 15) is 9.59 Å². The quantitative estimate of drug-likeness (QED) is 0.732. The van der Waals surface area contributed by atoms with Crippen LogP contribution in [0, 0.1) is 5.92 Å². The SMILES string of the molecule is CCN(CC(=O)Nc1c(Cl)cccc1Cl)C(=O)C1CC2CCCCC2N1.Cl. The number of hydrogen-bond acceptors (Lipinski definition) is 3. The van der Waals surface area contributed by atoms with Crippen molar-refractivity contribution in [1.82, 2.24) is 10.2 Å². The fourth-order valence-corrected chi connectivity index (χ4v) is 4.54. The molecule has 2 fully saturated rings. The third-order valence-corrected chi connectivity index (χ3v) is 6.05. The fraction of sp³-hybridized carbons (Fsp3) is 0.579. The predicted molar refractivity (Wildman–Crippen MR) is 112 cm³/mol. The van der Waals surface area contributed by atoms with Gasteiger partial charge in [-0.2, -0.15) is 0 Å². The van der Waals surface area contributed by atoms with Crippen LogP contribution in [0.5, 0.6) is 0 Å². The van der Waals surface area contributed by atoms with Gasteiger partial charge in [-0.3, -0.25) is 9.59 Å². The minimum Gasteiger partial charge on any atom is -0.332 e. The Kier molecular flexibility index (Phi) is 8.22. The van der Waals surface area contributed by atoms with E-state index in [1.807, 2.05) is 6.92 Å². The second kappa shape index (κ2) is 9.97. The number of para-hydroxylation sites is 1. The summed E-state index contributed by atoms with van der Waals surface area (Å²) in [6.07, 6.45) is 5.69. The molecule has 2 aliphatic rings. The smallest absolute Gasteiger partial charge is 0.244 e. The number of nitrogens with one attached hydrogen (secondary N) is 2. The van der Waals surface area contributed by atoms with Crippen LogP contribution in [0.2, 0.25) is 10.0 Å². The number of anilines is 1. The number of hydrogen-bond donors (Lipinski definition) is 2. The molecule has 1 aliphatic heterocycles. The van der Waals surface area contributed by atoms with Crippen LogP contribution in [0.3, 0.4) is 0 Å². The average molecular weight is 435 g/mol. The first-order valence-corrected chi connectivity index (χ1v) is 10.0. The number of amides is 2. The molecule has 3 unspecified atom stereocenters. The van der Waals surface area contributed by atoms with Crippen molar-refractivity contribution in [3.05, 3.63) is 28.2 Å². The summed E-state index contributed by atoms with van der Waals surface area (Å²) < 4.78 is 0. The number of halogens is 3. The van der Waals surface area contributed by atoms with Gasteiger partial charge in [0.1, 0.15) is 0 Å². The van der Waals surface area contributed by atoms with Crippen molar-refractivity contribution in [1.29, 1.82) is 0 Å². The summed E-state index contributed by atoms with van der Waals surface area (Å²) in [5, 5.41) is 6.96. The average Bonchev–Trinajstić information content (AvgIpc) is 3.06. The molecule has 0 radical (unpaired) electrons. The summed E-state index contributed by atoms with van der Waals surface area (Å²) in [4.78, 5) is 26.9. The van der Waals surface area contributed by atoms with E-state index in [2.05, 4.69) is 10.6 Å². The van der Waals surface area contributed by atoms with E-state index in [0.29, 0.717) is 34.2 Å². The summed E-state index contributed by atoms with van der Waals surface area (Å²) in [6, 6.07) is 5.31. The molecule has 150 valence electrons. The van der Waals surface area contributed by atoms with Gasteiger partial charge < -0.3 is 15.5 Å². The van der Waals surface area contributed by atoms with E-state index in [1.54, 1.807) is 23.1 Å². The van der Waals surface area contributed by atoms with Crippen LogP contribution in [0.15, 0.2) is 18.2 Å². The van der Waals surface area contributed by atoms with E-state index < -0.39 is 0 Å². The summed E-state index contributed by atoms with van der Waals surface area (Å²) in [7, 11) is 0. The number of rotatable bonds is 5. The number of carbonyl (C=O) groups excluding carboxylic acids is 2. The summed E-state index contributed by atoms with van der Waals surface area (Å²) in [5.74, 6) is 0.292. The Morgan fingerprint density at radius 3 is 2.52 bits per heavy atom. The lowest BCUT2D eigenvalue weighted by atomic mass is 9.85. The summed E-state index contributed by atoms with van der Waals surface area (Å²) >= 11 is 12.2. The molecule has 1 aliphatic carbocycles. The van der Waals surface area contributed by atoms with Crippen molar-refractivity contribution in [2.45, 2.75) is 51.1 Å². The summed E-state index contributed by atoms with van der Waals surface area (Å²) in [6.45, 7) is 2.36. The molecule has 1 saturated carbocycles. The van der Waals surface area contributed by atoms with Crippen molar-refractivity contribution >= 4 is 53.1 Å². The predicted octanol–water partition coefficient (Wildman–Crippen LogP) is 4.12. The Hall–Kier alpha value is -1.01. The maximum atomic E-state index is 12.9. The lowest BCUT2D eigenvalue weighted by Crippen LogP contribution is -2.47. The van der Waals surface area contributed by atoms with Crippen molar-refractivity contribution in [3.8, 4) is 0 Å². The van der Waals surface area contributed by atoms with Crippen molar-refractivity contribution < 1.29 is 9.59 Å². The molecule has 8 heteroatoms. The monoisotopic (exact) mass is 433 g/mol. The maximum Gasteiger partial charge on any atom is 0.244 e. The Labute approximate surface area is 176 Å². The highest BCUT2D eigenvalue weighted by molar-refractivity contribution is 6.39. The van der Waals surface area contributed by atoms with Gasteiger partial charge in [-0.05, 0) is 44.2 Å². The van der Waals surface area contributed by atoms with E-state index in [1.165, 1.54) is 19.3 Å². The van der Waals surface area contributed by atoms with Gasteiger partial charge in [0.05, 0.1) is 28.3 Å². The minimum atomic E-state index is -0.300. The van der Waals surface area contributed by atoms with Crippen LogP contribution in [0.25, 0.3) is 0 Å². The zero-order chi connectivity index (χ0) is 18.7. The molecule has 2 N–H and O–H groups in total. The number of nitrogens with zero attached hydrogens (tertiary/aromatic N) is 1. The summed E-state index contributed by atoms with van der Waals surface area (Å²) in [5.41, 5.74) is 0.384. The van der Waals surface area contributed by atoms with Crippen LogP contribution in [-0.2, 0) is 9.59 Å². The molecule has 0 aromatic heterocycles. The third-order valence-electron chi connectivity index (χ3n) is 5.42. The third kappa shape index (κ3) is 5.29. The van der Waals surface area contributed by atoms with Gasteiger partial charge in [-0.25, -0.2) is 0 Å². The van der Waals surface area contributed by atoms with Crippen molar-refractivity contribution in [2.75, 3.05) is 18.4 Å². The largest absolute Gasteiger partial charge is 0.332 e. The first-order chi connectivity index (χ1) is 12.5. The first-order valence-electron chi connectivity index (χ1n) is 9.28. The van der Waals surface area contributed by atoms with Gasteiger partial charge in [0, 0.05) is 12.6 Å². The van der Waals surface area contributed by atoms with Crippen LogP contribution >= 0.6 is 35.6 Å². The Bertz CT molecular complexity index is 652. The number of benzene rings is 1. The van der Waals surface area contributed by atoms with Gasteiger partial charge in [0.15, 0.2) is 0 Å². The Balaban J connectivity index is 0.00000261. The molecule has 0 spiro atoms. The highest BCUT2D eigenvalue weighted by Crippen LogP contribution is 2.34. The van der Waals surface area contributed by atoms with E-state index in [-0.39, 0.29) is 36.8 Å². The fourth-order valence-electron chi connectivity index (χ4n) is 4.05. The van der Waals surface area contributed by atoms with Crippen LogP contribution < -0.4 is 10.6 Å². The second-order valence-electron chi connectivity index (χ2n) is 7.10. The van der Waals surface area contributed by atoms with E-state index in [4.69, 9.17) is 23.2 Å². The lowest BCUT2D eigenvalue weighted by Gasteiger charge is -2.25. The molecule has 3 atom stereocenters. The number of likely N-dealkylation sites (N-methyl/N-ethyl adjacent to an activating group) is 1. The van der Waals surface area contributed by atoms with Crippen LogP contribution in [0.1, 0.15) is 39.0 Å². The normalized spacial score (nSPS) is 23.9. The molecular formula is C19H26Cl3N3O2. The molecule has 3 rings (SSSR count). The highest BCUT2D eigenvalue weighted by atomic mass is 35.5. The van der Waals surface area contributed by atoms with Crippen molar-refractivity contribution in [3.63, 3.8) is 0 Å². The number of carbonyl (C=O) groups is 2. The zero-order valence-corrected chi connectivity index (χ0v) is 17.7. The molecular weight excluding hydrogens is 409 g/mol. The Morgan fingerprint density at radius 2 is 1.89 bits per heavy atom. The Morgan fingerprint density at radius 1 is 1.22 bits per heavy atom. The molecule has 5 nitrogen and oxygen atoms in total. The van der Waals surface area contributed by atoms with Gasteiger partial charge in [0.25, 0.3) is 0 Å². The van der Waals surface area contributed by atoms with E-state index >= 15 is 0 Å². The highest BCUT2D eigenvalue weighted by Gasteiger charge is 2.39. The molecule has 0 bridgehead atoms. The molecule has 2 amide bonds. The number of fused-ring (bicyclic) bond motifs is 1. The standard InChI is InChI=1S/C19H25Cl2N3O2.ClH/c1-2-24(11-17(25)23-18-13(20)7-5-8-14(18)21)19(26)16-10-12-6-3-4-9-15(12)22-16;/h5,7-8,12,15-16,22H,2-4,6,9-11H2,1H3,(H,23,25);1H. The molecule has 27 heavy (non-hydrogen) atoms. The topological polar surface area (TPSA) is 61.4 Å².